The minimum Gasteiger partial charge on any atom is -0.260 e. The fraction of sp³-hybridized carbons (Fsp3) is 0.200. The van der Waals surface area contributed by atoms with Gasteiger partial charge in [0.2, 0.25) is 0 Å². The minimum atomic E-state index is -0.284. The first-order valence-corrected chi connectivity index (χ1v) is 4.02. The van der Waals surface area contributed by atoms with Crippen molar-refractivity contribution in [2.45, 2.75) is 12.3 Å². The highest BCUT2D eigenvalue weighted by Gasteiger charge is 2.18. The van der Waals surface area contributed by atoms with Crippen LogP contribution in [0.25, 0.3) is 0 Å². The predicted octanol–water partition coefficient (Wildman–Crippen LogP) is 2.54. The molecule has 13 heavy (non-hydrogen) atoms. The monoisotopic (exact) mass is 174 g/mol. The van der Waals surface area contributed by atoms with Gasteiger partial charge < -0.3 is 0 Å². The van der Waals surface area contributed by atoms with Crippen LogP contribution >= 0.6 is 0 Å². The van der Waals surface area contributed by atoms with Crippen molar-refractivity contribution in [3.05, 3.63) is 29.6 Å². The van der Waals surface area contributed by atoms with Crippen LogP contribution in [0.1, 0.15) is 17.9 Å². The predicted molar refractivity (Wildman–Crippen MR) is 47.5 cm³/mol. The number of halogens is 1. The van der Waals surface area contributed by atoms with Crippen molar-refractivity contribution in [1.82, 2.24) is 0 Å². The molecule has 0 aromatic heterocycles. The van der Waals surface area contributed by atoms with Crippen LogP contribution in [0.2, 0.25) is 0 Å². The van der Waals surface area contributed by atoms with E-state index >= 15 is 0 Å². The Kier molecular flexibility index (Phi) is 1.82. The Morgan fingerprint density at radius 3 is 3.15 bits per heavy atom. The molecule has 2 nitrogen and oxygen atoms in total. The molecule has 1 aliphatic rings. The second-order valence-corrected chi connectivity index (χ2v) is 2.95. The van der Waals surface area contributed by atoms with Crippen molar-refractivity contribution >= 4 is 11.9 Å². The topological polar surface area (TPSA) is 36.1 Å². The lowest BCUT2D eigenvalue weighted by atomic mass is 9.99. The van der Waals surface area contributed by atoms with Gasteiger partial charge in [0.1, 0.15) is 5.82 Å². The Balaban J connectivity index is 2.39. The van der Waals surface area contributed by atoms with Gasteiger partial charge in [0.05, 0.1) is 11.8 Å². The molecular weight excluding hydrogens is 167 g/mol. The lowest BCUT2D eigenvalue weighted by Gasteiger charge is -2.03. The Bertz CT molecular complexity index is 404. The molecule has 2 rings (SSSR count). The van der Waals surface area contributed by atoms with Crippen LogP contribution in [0.3, 0.4) is 0 Å². The van der Waals surface area contributed by atoms with Gasteiger partial charge >= 0.3 is 0 Å². The molecule has 0 fully saturated rings. The third-order valence-electron chi connectivity index (χ3n) is 2.10. The Labute approximate surface area is 75.3 Å². The zero-order valence-electron chi connectivity index (χ0n) is 6.87. The maximum Gasteiger partial charge on any atom is 0.125 e. The molecule has 0 unspecified atom stereocenters. The van der Waals surface area contributed by atoms with Crippen LogP contribution in [0.5, 0.6) is 0 Å². The van der Waals surface area contributed by atoms with Crippen molar-refractivity contribution in [3.8, 4) is 6.07 Å². The average Bonchev–Trinajstić information content (AvgIpc) is 2.49. The van der Waals surface area contributed by atoms with Crippen molar-refractivity contribution in [1.29, 1.82) is 5.26 Å². The van der Waals surface area contributed by atoms with E-state index in [4.69, 9.17) is 5.26 Å². The molecule has 3 heteroatoms. The fourth-order valence-corrected chi connectivity index (χ4v) is 1.45. The zero-order valence-corrected chi connectivity index (χ0v) is 6.87. The summed E-state index contributed by atoms with van der Waals surface area (Å²) >= 11 is 0. The number of rotatable bonds is 1. The van der Waals surface area contributed by atoms with E-state index in [0.717, 1.165) is 5.56 Å². The molecule has 0 amide bonds. The molecule has 64 valence electrons. The van der Waals surface area contributed by atoms with Gasteiger partial charge in [-0.1, -0.05) is 6.07 Å². The van der Waals surface area contributed by atoms with Gasteiger partial charge in [0.15, 0.2) is 0 Å². The summed E-state index contributed by atoms with van der Waals surface area (Å²) in [6, 6.07) is 6.57. The van der Waals surface area contributed by atoms with Gasteiger partial charge in [-0.3, -0.25) is 4.99 Å². The maximum atomic E-state index is 12.7. The van der Waals surface area contributed by atoms with Gasteiger partial charge in [-0.15, -0.1) is 0 Å². The van der Waals surface area contributed by atoms with E-state index in [0.29, 0.717) is 12.1 Å². The summed E-state index contributed by atoms with van der Waals surface area (Å²) in [6.07, 6.45) is 2.11. The summed E-state index contributed by atoms with van der Waals surface area (Å²) in [6.45, 7) is 0. The molecular formula is C10H7FN2. The largest absolute Gasteiger partial charge is 0.260 e. The molecule has 0 aliphatic carbocycles. The van der Waals surface area contributed by atoms with Crippen LogP contribution in [-0.2, 0) is 0 Å². The fourth-order valence-electron chi connectivity index (χ4n) is 1.45. The van der Waals surface area contributed by atoms with Gasteiger partial charge in [0.25, 0.3) is 0 Å². The van der Waals surface area contributed by atoms with Crippen molar-refractivity contribution < 1.29 is 4.39 Å². The van der Waals surface area contributed by atoms with E-state index in [1.807, 2.05) is 0 Å². The molecule has 1 aliphatic heterocycles. The third-order valence-corrected chi connectivity index (χ3v) is 2.10. The second-order valence-electron chi connectivity index (χ2n) is 2.95. The molecule has 1 aromatic rings. The number of benzene rings is 1. The van der Waals surface area contributed by atoms with E-state index < -0.39 is 0 Å². The summed E-state index contributed by atoms with van der Waals surface area (Å²) in [4.78, 5) is 4.04. The number of aliphatic imine (C=N–C) groups is 1. The highest BCUT2D eigenvalue weighted by Crippen LogP contribution is 2.33. The van der Waals surface area contributed by atoms with E-state index in [2.05, 4.69) is 11.1 Å². The maximum absolute atomic E-state index is 12.7. The molecule has 0 saturated carbocycles. The molecule has 0 spiro atoms. The van der Waals surface area contributed by atoms with Gasteiger partial charge in [-0.25, -0.2) is 4.39 Å². The van der Waals surface area contributed by atoms with Gasteiger partial charge in [0, 0.05) is 18.6 Å². The first-order valence-electron chi connectivity index (χ1n) is 4.02. The number of hydrogen-bond acceptors (Lipinski definition) is 2. The van der Waals surface area contributed by atoms with E-state index in [1.54, 1.807) is 12.3 Å². The molecule has 0 bridgehead atoms. The van der Waals surface area contributed by atoms with E-state index in [-0.39, 0.29) is 11.7 Å². The lowest BCUT2D eigenvalue weighted by Crippen LogP contribution is -1.93. The SMILES string of the molecule is N#CC[C@H]1C=Nc2cc(F)ccc21. The molecule has 0 radical (unpaired) electrons. The van der Waals surface area contributed by atoms with E-state index in [9.17, 15) is 4.39 Å². The summed E-state index contributed by atoms with van der Waals surface area (Å²) in [5.74, 6) is -0.242. The van der Waals surface area contributed by atoms with Gasteiger partial charge in [-0.05, 0) is 17.7 Å². The number of nitrogens with zero attached hydrogens (tertiary/aromatic N) is 2. The second kappa shape index (κ2) is 2.98. The number of hydrogen-bond donors (Lipinski definition) is 0. The molecule has 1 atom stereocenters. The highest BCUT2D eigenvalue weighted by atomic mass is 19.1. The smallest absolute Gasteiger partial charge is 0.125 e. The normalized spacial score (nSPS) is 18.3. The minimum absolute atomic E-state index is 0.0422. The third kappa shape index (κ3) is 1.31. The quantitative estimate of drug-likeness (QED) is 0.644. The zero-order chi connectivity index (χ0) is 9.26. The first-order chi connectivity index (χ1) is 6.31. The first kappa shape index (κ1) is 7.93. The summed E-state index contributed by atoms with van der Waals surface area (Å²) in [5, 5.41) is 8.52. The van der Waals surface area contributed by atoms with Crippen LogP contribution in [-0.4, -0.2) is 6.21 Å². The van der Waals surface area contributed by atoms with Crippen molar-refractivity contribution in [3.63, 3.8) is 0 Å². The van der Waals surface area contributed by atoms with Crippen LogP contribution in [0.4, 0.5) is 10.1 Å². The van der Waals surface area contributed by atoms with Crippen molar-refractivity contribution in [2.24, 2.45) is 4.99 Å². The Morgan fingerprint density at radius 2 is 2.38 bits per heavy atom. The number of nitriles is 1. The van der Waals surface area contributed by atoms with E-state index in [1.165, 1.54) is 12.1 Å². The molecule has 0 N–H and O–H groups in total. The van der Waals surface area contributed by atoms with Crippen LogP contribution < -0.4 is 0 Å². The Hall–Kier alpha value is -1.69. The molecule has 1 aromatic carbocycles. The number of fused-ring (bicyclic) bond motifs is 1. The summed E-state index contributed by atoms with van der Waals surface area (Å²) in [5.41, 5.74) is 1.60. The Morgan fingerprint density at radius 1 is 1.54 bits per heavy atom. The standard InChI is InChI=1S/C10H7FN2/c11-8-1-2-9-7(3-4-12)6-13-10(9)5-8/h1-2,5-7H,3H2/t7-/m0/s1. The highest BCUT2D eigenvalue weighted by molar-refractivity contribution is 5.80. The average molecular weight is 174 g/mol. The molecule has 1 heterocycles. The molecule has 0 saturated heterocycles. The van der Waals surface area contributed by atoms with Crippen LogP contribution in [0.15, 0.2) is 23.2 Å². The van der Waals surface area contributed by atoms with Crippen molar-refractivity contribution in [2.75, 3.05) is 0 Å². The van der Waals surface area contributed by atoms with Gasteiger partial charge in [-0.2, -0.15) is 5.26 Å². The van der Waals surface area contributed by atoms with Crippen LogP contribution in [0, 0.1) is 17.1 Å². The summed E-state index contributed by atoms with van der Waals surface area (Å²) < 4.78 is 12.7. The summed E-state index contributed by atoms with van der Waals surface area (Å²) in [7, 11) is 0. The lowest BCUT2D eigenvalue weighted by molar-refractivity contribution is 0.627.